The highest BCUT2D eigenvalue weighted by atomic mass is 35.5. The van der Waals surface area contributed by atoms with Gasteiger partial charge in [-0.3, -0.25) is 4.98 Å². The molecule has 1 aliphatic carbocycles. The lowest BCUT2D eigenvalue weighted by Crippen LogP contribution is -2.02. The number of nitrogens with two attached hydrogens (primary N) is 1. The van der Waals surface area contributed by atoms with E-state index in [0.717, 1.165) is 38.4 Å². The van der Waals surface area contributed by atoms with Crippen LogP contribution in [0.5, 0.6) is 0 Å². The second kappa shape index (κ2) is 7.08. The molecule has 1 saturated carbocycles. The average Bonchev–Trinajstić information content (AvgIpc) is 3.54. The van der Waals surface area contributed by atoms with Crippen LogP contribution < -0.4 is 5.73 Å². The Morgan fingerprint density at radius 2 is 1.71 bits per heavy atom. The molecule has 0 bridgehead atoms. The van der Waals surface area contributed by atoms with Crippen molar-refractivity contribution in [1.82, 2.24) is 15.0 Å². The number of thioether (sulfide) groups is 1. The van der Waals surface area contributed by atoms with Crippen LogP contribution in [-0.2, 0) is 0 Å². The zero-order valence-corrected chi connectivity index (χ0v) is 16.5. The molecule has 1 fully saturated rings. The number of nitrogen functional groups attached to an aromatic ring is 1. The molecule has 0 radical (unpaired) electrons. The van der Waals surface area contributed by atoms with Crippen LogP contribution in [0, 0.1) is 0 Å². The van der Waals surface area contributed by atoms with Gasteiger partial charge in [0.25, 0.3) is 0 Å². The summed E-state index contributed by atoms with van der Waals surface area (Å²) in [6, 6.07) is 17.9. The van der Waals surface area contributed by atoms with E-state index in [1.54, 1.807) is 18.0 Å². The minimum atomic E-state index is 0.480. The predicted molar refractivity (Wildman–Crippen MR) is 117 cm³/mol. The van der Waals surface area contributed by atoms with E-state index in [2.05, 4.69) is 11.1 Å². The van der Waals surface area contributed by atoms with Crippen LogP contribution in [0.2, 0.25) is 5.02 Å². The number of anilines is 1. The number of benzene rings is 2. The van der Waals surface area contributed by atoms with Crippen LogP contribution in [-0.4, -0.2) is 20.2 Å². The van der Waals surface area contributed by atoms with Crippen LogP contribution >= 0.6 is 23.4 Å². The summed E-state index contributed by atoms with van der Waals surface area (Å²) in [7, 11) is 0. The zero-order valence-electron chi connectivity index (χ0n) is 15.0. The third kappa shape index (κ3) is 3.32. The Morgan fingerprint density at radius 3 is 2.50 bits per heavy atom. The molecule has 4 aromatic rings. The van der Waals surface area contributed by atoms with E-state index in [4.69, 9.17) is 27.3 Å². The zero-order chi connectivity index (χ0) is 19.1. The largest absolute Gasteiger partial charge is 0.381 e. The fourth-order valence-electron chi connectivity index (χ4n) is 3.15. The summed E-state index contributed by atoms with van der Waals surface area (Å²) in [6.07, 6.45) is 4.15. The first kappa shape index (κ1) is 17.5. The molecule has 2 aromatic carbocycles. The summed E-state index contributed by atoms with van der Waals surface area (Å²) >= 11 is 8.25. The van der Waals surface area contributed by atoms with Gasteiger partial charge in [0, 0.05) is 28.0 Å². The molecule has 1 aliphatic rings. The molecule has 0 aliphatic heterocycles. The first-order chi connectivity index (χ1) is 13.7. The maximum Gasteiger partial charge on any atom is 0.156 e. The second-order valence-electron chi connectivity index (χ2n) is 6.83. The Hall–Kier alpha value is -2.63. The highest BCUT2D eigenvalue weighted by Gasteiger charge is 2.26. The molecule has 0 atom stereocenters. The summed E-state index contributed by atoms with van der Waals surface area (Å²) in [5, 5.41) is 2.96. The van der Waals surface area contributed by atoms with Crippen molar-refractivity contribution in [3.05, 3.63) is 65.8 Å². The van der Waals surface area contributed by atoms with E-state index in [-0.39, 0.29) is 0 Å². The minimum absolute atomic E-state index is 0.480. The van der Waals surface area contributed by atoms with Crippen molar-refractivity contribution in [2.24, 2.45) is 0 Å². The van der Waals surface area contributed by atoms with Gasteiger partial charge < -0.3 is 5.73 Å². The van der Waals surface area contributed by atoms with E-state index in [0.29, 0.717) is 16.1 Å². The summed E-state index contributed by atoms with van der Waals surface area (Å²) in [6.45, 7) is 0. The van der Waals surface area contributed by atoms with Crippen molar-refractivity contribution in [1.29, 1.82) is 0 Å². The number of pyridine rings is 1. The number of hydrogen-bond donors (Lipinski definition) is 1. The highest BCUT2D eigenvalue weighted by Crippen LogP contribution is 2.42. The average molecular weight is 405 g/mol. The topological polar surface area (TPSA) is 64.7 Å². The summed E-state index contributed by atoms with van der Waals surface area (Å²) in [4.78, 5) is 14.1. The van der Waals surface area contributed by atoms with Crippen LogP contribution in [0.3, 0.4) is 0 Å². The van der Waals surface area contributed by atoms with Crippen molar-refractivity contribution >= 4 is 40.1 Å². The third-order valence-electron chi connectivity index (χ3n) is 4.67. The molecule has 28 heavy (non-hydrogen) atoms. The number of hydrogen-bond acceptors (Lipinski definition) is 5. The van der Waals surface area contributed by atoms with Gasteiger partial charge in [-0.25, -0.2) is 9.97 Å². The summed E-state index contributed by atoms with van der Waals surface area (Å²) in [5.74, 6) is 0.480. The Balaban J connectivity index is 1.74. The minimum Gasteiger partial charge on any atom is -0.381 e. The van der Waals surface area contributed by atoms with Crippen LogP contribution in [0.4, 0.5) is 5.82 Å². The Labute approximate surface area is 172 Å². The van der Waals surface area contributed by atoms with Gasteiger partial charge in [0.1, 0.15) is 5.03 Å². The molecule has 0 unspecified atom stereocenters. The van der Waals surface area contributed by atoms with E-state index in [9.17, 15) is 0 Å². The van der Waals surface area contributed by atoms with Crippen molar-refractivity contribution in [2.75, 3.05) is 5.73 Å². The van der Waals surface area contributed by atoms with Crippen molar-refractivity contribution in [3.63, 3.8) is 0 Å². The number of fused-ring (bicyclic) bond motifs is 1. The molecule has 2 heterocycles. The van der Waals surface area contributed by atoms with Gasteiger partial charge >= 0.3 is 0 Å². The Kier molecular flexibility index (Phi) is 4.41. The molecule has 0 amide bonds. The van der Waals surface area contributed by atoms with E-state index < -0.39 is 0 Å². The smallest absolute Gasteiger partial charge is 0.156 e. The molecule has 138 valence electrons. The molecule has 2 N–H and O–H groups in total. The SMILES string of the molecule is Nc1nc(-c2ccccc2)c(-c2cc(Cl)c3ncccc3c2)nc1SC1CC1. The third-order valence-corrected chi connectivity index (χ3v) is 6.29. The lowest BCUT2D eigenvalue weighted by atomic mass is 10.0. The standard InChI is InChI=1S/C22H17ClN4S/c23-17-12-15(11-14-7-4-10-25-18(14)17)20-19(13-5-2-1-3-6-13)26-21(24)22(27-20)28-16-8-9-16/h1-7,10-12,16H,8-9H2,(H2,24,26). The van der Waals surface area contributed by atoms with Gasteiger partial charge in [-0.1, -0.05) is 59.8 Å². The number of nitrogens with zero attached hydrogens (tertiary/aromatic N) is 3. The van der Waals surface area contributed by atoms with Crippen molar-refractivity contribution in [2.45, 2.75) is 23.1 Å². The van der Waals surface area contributed by atoms with Crippen molar-refractivity contribution < 1.29 is 0 Å². The molecule has 2 aromatic heterocycles. The van der Waals surface area contributed by atoms with Gasteiger partial charge in [0.15, 0.2) is 5.82 Å². The number of rotatable bonds is 4. The lowest BCUT2D eigenvalue weighted by Gasteiger charge is -2.13. The second-order valence-corrected chi connectivity index (χ2v) is 8.52. The maximum absolute atomic E-state index is 6.54. The molecular formula is C22H17ClN4S. The maximum atomic E-state index is 6.54. The molecule has 4 nitrogen and oxygen atoms in total. The van der Waals surface area contributed by atoms with E-state index in [1.807, 2.05) is 48.5 Å². The van der Waals surface area contributed by atoms with Crippen LogP contribution in [0.1, 0.15) is 12.8 Å². The fourth-order valence-corrected chi connectivity index (χ4v) is 4.42. The van der Waals surface area contributed by atoms with Gasteiger partial charge in [-0.15, -0.1) is 0 Å². The first-order valence-corrected chi connectivity index (χ1v) is 10.4. The van der Waals surface area contributed by atoms with Gasteiger partial charge in [-0.05, 0) is 31.0 Å². The molecule has 0 spiro atoms. The summed E-state index contributed by atoms with van der Waals surface area (Å²) < 4.78 is 0. The lowest BCUT2D eigenvalue weighted by molar-refractivity contribution is 1.08. The van der Waals surface area contributed by atoms with Crippen molar-refractivity contribution in [3.8, 4) is 22.5 Å². The normalized spacial score (nSPS) is 13.8. The van der Waals surface area contributed by atoms with Crippen LogP contribution in [0.25, 0.3) is 33.4 Å². The van der Waals surface area contributed by atoms with Gasteiger partial charge in [0.05, 0.1) is 21.9 Å². The monoisotopic (exact) mass is 404 g/mol. The number of aromatic nitrogens is 3. The molecule has 0 saturated heterocycles. The Bertz CT molecular complexity index is 1180. The van der Waals surface area contributed by atoms with E-state index in [1.165, 1.54) is 12.8 Å². The molecule has 5 rings (SSSR count). The quantitative estimate of drug-likeness (QED) is 0.462. The number of halogens is 1. The highest BCUT2D eigenvalue weighted by molar-refractivity contribution is 8.00. The van der Waals surface area contributed by atoms with Crippen LogP contribution in [0.15, 0.2) is 65.8 Å². The Morgan fingerprint density at radius 1 is 0.929 bits per heavy atom. The fraction of sp³-hybridized carbons (Fsp3) is 0.136. The summed E-state index contributed by atoms with van der Waals surface area (Å²) in [5.41, 5.74) is 10.5. The molecule has 6 heteroatoms. The van der Waals surface area contributed by atoms with E-state index >= 15 is 0 Å². The van der Waals surface area contributed by atoms with Gasteiger partial charge in [-0.2, -0.15) is 0 Å². The molecular weight excluding hydrogens is 388 g/mol. The van der Waals surface area contributed by atoms with Gasteiger partial charge in [0.2, 0.25) is 0 Å². The first-order valence-electron chi connectivity index (χ1n) is 9.13. The predicted octanol–water partition coefficient (Wildman–Crippen LogP) is 5.85.